The second-order valence-electron chi connectivity index (χ2n) is 4.83. The fourth-order valence-electron chi connectivity index (χ4n) is 2.27. The van der Waals surface area contributed by atoms with Crippen molar-refractivity contribution >= 4 is 10.9 Å². The summed E-state index contributed by atoms with van der Waals surface area (Å²) in [5, 5.41) is 11.6. The maximum absolute atomic E-state index is 10.5. The molecule has 1 fully saturated rings. The number of hydrogen-bond acceptors (Lipinski definition) is 2. The molecule has 1 aromatic heterocycles. The molecule has 16 heavy (non-hydrogen) atoms. The second-order valence-corrected chi connectivity index (χ2v) is 4.83. The molecule has 0 amide bonds. The molecule has 1 aliphatic rings. The van der Waals surface area contributed by atoms with Gasteiger partial charge in [-0.3, -0.25) is 4.98 Å². The molecular weight excluding hydrogens is 198 g/mol. The molecule has 0 bridgehead atoms. The zero-order valence-corrected chi connectivity index (χ0v) is 9.35. The van der Waals surface area contributed by atoms with E-state index < -0.39 is 5.60 Å². The van der Waals surface area contributed by atoms with Crippen LogP contribution in [-0.2, 0) is 5.60 Å². The summed E-state index contributed by atoms with van der Waals surface area (Å²) in [5.74, 6) is 0.432. The molecule has 82 valence electrons. The molecule has 1 atom stereocenters. The Bertz CT molecular complexity index is 529. The summed E-state index contributed by atoms with van der Waals surface area (Å²) < 4.78 is 0. The van der Waals surface area contributed by atoms with Crippen molar-refractivity contribution in [1.29, 1.82) is 0 Å². The Labute approximate surface area is 94.9 Å². The standard InChI is InChI=1S/C14H15NO/c1-14(16,11-4-5-11)12-6-7-13-10(9-12)3-2-8-15-13/h2-3,6-9,11,16H,4-5H2,1H3. The van der Waals surface area contributed by atoms with E-state index in [0.29, 0.717) is 5.92 Å². The fourth-order valence-corrected chi connectivity index (χ4v) is 2.27. The van der Waals surface area contributed by atoms with Crippen LogP contribution in [0.15, 0.2) is 36.5 Å². The Kier molecular flexibility index (Phi) is 2.01. The van der Waals surface area contributed by atoms with E-state index in [-0.39, 0.29) is 0 Å². The molecule has 0 spiro atoms. The predicted octanol–water partition coefficient (Wildman–Crippen LogP) is 2.85. The zero-order valence-electron chi connectivity index (χ0n) is 9.35. The summed E-state index contributed by atoms with van der Waals surface area (Å²) in [6.07, 6.45) is 4.07. The van der Waals surface area contributed by atoms with Crippen molar-refractivity contribution in [2.45, 2.75) is 25.4 Å². The molecule has 0 aliphatic heterocycles. The number of aliphatic hydroxyl groups is 1. The smallest absolute Gasteiger partial charge is 0.0896 e. The Morgan fingerprint density at radius 3 is 2.88 bits per heavy atom. The Hall–Kier alpha value is -1.41. The van der Waals surface area contributed by atoms with Gasteiger partial charge >= 0.3 is 0 Å². The van der Waals surface area contributed by atoms with Gasteiger partial charge in [0.2, 0.25) is 0 Å². The van der Waals surface area contributed by atoms with Gasteiger partial charge in [-0.25, -0.2) is 0 Å². The Morgan fingerprint density at radius 2 is 2.12 bits per heavy atom. The highest BCUT2D eigenvalue weighted by Crippen LogP contribution is 2.45. The molecule has 2 aromatic rings. The number of rotatable bonds is 2. The van der Waals surface area contributed by atoms with Gasteiger partial charge in [-0.05, 0) is 49.4 Å². The SMILES string of the molecule is CC(O)(c1ccc2ncccc2c1)C1CC1. The number of benzene rings is 1. The summed E-state index contributed by atoms with van der Waals surface area (Å²) in [7, 11) is 0. The zero-order chi connectivity index (χ0) is 11.2. The lowest BCUT2D eigenvalue weighted by Gasteiger charge is -2.23. The minimum atomic E-state index is -0.677. The maximum atomic E-state index is 10.5. The first-order chi connectivity index (χ1) is 7.68. The highest BCUT2D eigenvalue weighted by Gasteiger charge is 2.41. The van der Waals surface area contributed by atoms with Crippen molar-refractivity contribution < 1.29 is 5.11 Å². The molecule has 2 heteroatoms. The minimum absolute atomic E-state index is 0.432. The van der Waals surface area contributed by atoms with Crippen LogP contribution >= 0.6 is 0 Å². The van der Waals surface area contributed by atoms with Gasteiger partial charge in [0.15, 0.2) is 0 Å². The second kappa shape index (κ2) is 3.29. The lowest BCUT2D eigenvalue weighted by atomic mass is 9.90. The van der Waals surface area contributed by atoms with Gasteiger partial charge in [0.25, 0.3) is 0 Å². The third-order valence-electron chi connectivity index (χ3n) is 3.56. The van der Waals surface area contributed by atoms with E-state index in [0.717, 1.165) is 29.3 Å². The molecule has 0 saturated heterocycles. The summed E-state index contributed by atoms with van der Waals surface area (Å²) in [6, 6.07) is 10.0. The summed E-state index contributed by atoms with van der Waals surface area (Å²) in [5.41, 5.74) is 1.32. The lowest BCUT2D eigenvalue weighted by Crippen LogP contribution is -2.23. The first-order valence-corrected chi connectivity index (χ1v) is 5.75. The van der Waals surface area contributed by atoms with Crippen molar-refractivity contribution in [3.8, 4) is 0 Å². The van der Waals surface area contributed by atoms with E-state index in [9.17, 15) is 5.11 Å². The Balaban J connectivity index is 2.11. The summed E-state index contributed by atoms with van der Waals surface area (Å²) >= 11 is 0. The largest absolute Gasteiger partial charge is 0.385 e. The number of hydrogen-bond donors (Lipinski definition) is 1. The molecular formula is C14H15NO. The van der Waals surface area contributed by atoms with E-state index in [1.54, 1.807) is 6.20 Å². The summed E-state index contributed by atoms with van der Waals surface area (Å²) in [6.45, 7) is 1.92. The van der Waals surface area contributed by atoms with Gasteiger partial charge in [0, 0.05) is 11.6 Å². The minimum Gasteiger partial charge on any atom is -0.385 e. The van der Waals surface area contributed by atoms with Crippen molar-refractivity contribution in [3.63, 3.8) is 0 Å². The van der Waals surface area contributed by atoms with Crippen LogP contribution in [0.3, 0.4) is 0 Å². The van der Waals surface area contributed by atoms with Crippen LogP contribution in [0.2, 0.25) is 0 Å². The normalized spacial score (nSPS) is 19.6. The van der Waals surface area contributed by atoms with Gasteiger partial charge < -0.3 is 5.11 Å². The highest BCUT2D eigenvalue weighted by atomic mass is 16.3. The average Bonchev–Trinajstić information content (AvgIpc) is 3.12. The van der Waals surface area contributed by atoms with Crippen LogP contribution in [0.1, 0.15) is 25.3 Å². The van der Waals surface area contributed by atoms with Gasteiger partial charge in [0.05, 0.1) is 11.1 Å². The monoisotopic (exact) mass is 213 g/mol. The van der Waals surface area contributed by atoms with E-state index in [1.165, 1.54) is 0 Å². The van der Waals surface area contributed by atoms with Gasteiger partial charge in [-0.15, -0.1) is 0 Å². The van der Waals surface area contributed by atoms with Crippen molar-refractivity contribution in [1.82, 2.24) is 4.98 Å². The maximum Gasteiger partial charge on any atom is 0.0896 e. The highest BCUT2D eigenvalue weighted by molar-refractivity contribution is 5.79. The summed E-state index contributed by atoms with van der Waals surface area (Å²) in [4.78, 5) is 4.28. The van der Waals surface area contributed by atoms with E-state index in [4.69, 9.17) is 0 Å². The molecule has 1 N–H and O–H groups in total. The average molecular weight is 213 g/mol. The molecule has 1 saturated carbocycles. The van der Waals surface area contributed by atoms with Crippen LogP contribution in [0.25, 0.3) is 10.9 Å². The molecule has 1 unspecified atom stereocenters. The quantitative estimate of drug-likeness (QED) is 0.832. The van der Waals surface area contributed by atoms with Gasteiger partial charge in [0.1, 0.15) is 0 Å². The molecule has 3 rings (SSSR count). The number of pyridine rings is 1. The lowest BCUT2D eigenvalue weighted by molar-refractivity contribution is 0.0332. The van der Waals surface area contributed by atoms with E-state index >= 15 is 0 Å². The topological polar surface area (TPSA) is 33.1 Å². The van der Waals surface area contributed by atoms with Crippen LogP contribution in [0, 0.1) is 5.92 Å². The third kappa shape index (κ3) is 1.50. The molecule has 1 aliphatic carbocycles. The van der Waals surface area contributed by atoms with E-state index in [2.05, 4.69) is 11.1 Å². The van der Waals surface area contributed by atoms with Crippen LogP contribution < -0.4 is 0 Å². The first-order valence-electron chi connectivity index (χ1n) is 5.75. The first kappa shape index (κ1) is 9.79. The number of nitrogens with zero attached hydrogens (tertiary/aromatic N) is 1. The van der Waals surface area contributed by atoms with Crippen LogP contribution in [-0.4, -0.2) is 10.1 Å². The van der Waals surface area contributed by atoms with Gasteiger partial charge in [-0.2, -0.15) is 0 Å². The number of fused-ring (bicyclic) bond motifs is 1. The Morgan fingerprint density at radius 1 is 1.31 bits per heavy atom. The number of aromatic nitrogens is 1. The van der Waals surface area contributed by atoms with Crippen molar-refractivity contribution in [2.75, 3.05) is 0 Å². The van der Waals surface area contributed by atoms with Crippen molar-refractivity contribution in [2.24, 2.45) is 5.92 Å². The van der Waals surface area contributed by atoms with Crippen molar-refractivity contribution in [3.05, 3.63) is 42.1 Å². The van der Waals surface area contributed by atoms with E-state index in [1.807, 2.05) is 31.2 Å². The van der Waals surface area contributed by atoms with Crippen LogP contribution in [0.4, 0.5) is 0 Å². The third-order valence-corrected chi connectivity index (χ3v) is 3.56. The predicted molar refractivity (Wildman–Crippen MR) is 64.0 cm³/mol. The molecule has 2 nitrogen and oxygen atoms in total. The fraction of sp³-hybridized carbons (Fsp3) is 0.357. The molecule has 1 aromatic carbocycles. The molecule has 1 heterocycles. The molecule has 0 radical (unpaired) electrons. The van der Waals surface area contributed by atoms with Crippen LogP contribution in [0.5, 0.6) is 0 Å². The van der Waals surface area contributed by atoms with Gasteiger partial charge in [-0.1, -0.05) is 12.1 Å².